The number of likely N-dealkylation sites (tertiary alicyclic amines) is 1. The molecule has 0 aliphatic carbocycles. The predicted octanol–water partition coefficient (Wildman–Crippen LogP) is 2.38. The number of ether oxygens (including phenoxy) is 1. The van der Waals surface area contributed by atoms with Crippen LogP contribution in [0.25, 0.3) is 0 Å². The molecule has 4 heteroatoms. The second-order valence-corrected chi connectivity index (χ2v) is 7.21. The van der Waals surface area contributed by atoms with E-state index in [2.05, 4.69) is 37.9 Å². The van der Waals surface area contributed by atoms with E-state index < -0.39 is 5.60 Å². The number of alkyl carbamates (subject to hydrolysis) is 1. The van der Waals surface area contributed by atoms with Gasteiger partial charge in [-0.05, 0) is 48.5 Å². The molecule has 1 amide bonds. The standard InChI is InChI=1S/C13H26N2O2/c1-11(2,3)15-8-13(7,9-15)14-10(16)17-12(4,5)6/h8-9H2,1-7H3,(H,14,16). The summed E-state index contributed by atoms with van der Waals surface area (Å²) in [5.41, 5.74) is -0.432. The highest BCUT2D eigenvalue weighted by Gasteiger charge is 2.44. The normalized spacial score (nSPS) is 20.6. The molecule has 4 nitrogen and oxygen atoms in total. The lowest BCUT2D eigenvalue weighted by Gasteiger charge is -2.54. The summed E-state index contributed by atoms with van der Waals surface area (Å²) in [5.74, 6) is 0. The first-order valence-electron chi connectivity index (χ1n) is 6.18. The Labute approximate surface area is 105 Å². The minimum absolute atomic E-state index is 0.157. The number of carbonyl (C=O) groups excluding carboxylic acids is 1. The first kappa shape index (κ1) is 14.3. The Balaban J connectivity index is 2.42. The van der Waals surface area contributed by atoms with Crippen LogP contribution in [0.15, 0.2) is 0 Å². The molecule has 0 bridgehead atoms. The Hall–Kier alpha value is -0.770. The number of nitrogens with one attached hydrogen (secondary N) is 1. The van der Waals surface area contributed by atoms with Crippen LogP contribution < -0.4 is 5.32 Å². The van der Waals surface area contributed by atoms with Crippen LogP contribution >= 0.6 is 0 Å². The molecule has 1 saturated heterocycles. The lowest BCUT2D eigenvalue weighted by atomic mass is 9.87. The van der Waals surface area contributed by atoms with Gasteiger partial charge in [0.05, 0.1) is 5.54 Å². The van der Waals surface area contributed by atoms with Crippen molar-refractivity contribution in [3.8, 4) is 0 Å². The van der Waals surface area contributed by atoms with Gasteiger partial charge in [-0.1, -0.05) is 0 Å². The number of carbonyl (C=O) groups is 1. The molecule has 17 heavy (non-hydrogen) atoms. The van der Waals surface area contributed by atoms with E-state index in [9.17, 15) is 4.79 Å². The zero-order valence-electron chi connectivity index (χ0n) is 12.2. The molecule has 1 aliphatic heterocycles. The lowest BCUT2D eigenvalue weighted by Crippen LogP contribution is -2.72. The minimum Gasteiger partial charge on any atom is -0.444 e. The summed E-state index contributed by atoms with van der Waals surface area (Å²) in [7, 11) is 0. The van der Waals surface area contributed by atoms with Crippen molar-refractivity contribution in [1.82, 2.24) is 10.2 Å². The fraction of sp³-hybridized carbons (Fsp3) is 0.923. The second-order valence-electron chi connectivity index (χ2n) is 7.21. The Morgan fingerprint density at radius 1 is 1.18 bits per heavy atom. The average Bonchev–Trinajstić information content (AvgIpc) is 1.93. The van der Waals surface area contributed by atoms with Gasteiger partial charge < -0.3 is 10.1 Å². The van der Waals surface area contributed by atoms with Gasteiger partial charge in [0.15, 0.2) is 0 Å². The highest BCUT2D eigenvalue weighted by molar-refractivity contribution is 5.69. The van der Waals surface area contributed by atoms with Crippen molar-refractivity contribution < 1.29 is 9.53 Å². The average molecular weight is 242 g/mol. The van der Waals surface area contributed by atoms with E-state index in [4.69, 9.17) is 4.74 Å². The van der Waals surface area contributed by atoms with Crippen molar-refractivity contribution in [3.05, 3.63) is 0 Å². The van der Waals surface area contributed by atoms with Gasteiger partial charge in [0.1, 0.15) is 5.60 Å². The largest absolute Gasteiger partial charge is 0.444 e. The molecule has 1 fully saturated rings. The third kappa shape index (κ3) is 4.19. The minimum atomic E-state index is -0.437. The van der Waals surface area contributed by atoms with Crippen molar-refractivity contribution in [2.75, 3.05) is 13.1 Å². The number of amides is 1. The monoisotopic (exact) mass is 242 g/mol. The van der Waals surface area contributed by atoms with Crippen molar-refractivity contribution in [2.45, 2.75) is 65.1 Å². The quantitative estimate of drug-likeness (QED) is 0.767. The molecule has 0 radical (unpaired) electrons. The molecule has 1 N–H and O–H groups in total. The van der Waals surface area contributed by atoms with Crippen LogP contribution in [0.4, 0.5) is 4.79 Å². The molecule has 0 saturated carbocycles. The maximum absolute atomic E-state index is 11.7. The van der Waals surface area contributed by atoms with Gasteiger partial charge in [0, 0.05) is 18.6 Å². The van der Waals surface area contributed by atoms with Gasteiger partial charge in [0.25, 0.3) is 0 Å². The molecule has 100 valence electrons. The summed E-state index contributed by atoms with van der Waals surface area (Å²) in [6.45, 7) is 16.0. The summed E-state index contributed by atoms with van der Waals surface area (Å²) in [4.78, 5) is 14.0. The molecule has 0 aromatic heterocycles. The molecule has 0 aromatic carbocycles. The first-order chi connectivity index (χ1) is 7.41. The SMILES string of the molecule is CC1(NC(=O)OC(C)(C)C)CN(C(C)(C)C)C1. The zero-order chi connectivity index (χ0) is 13.5. The van der Waals surface area contributed by atoms with Gasteiger partial charge in [-0.3, -0.25) is 4.90 Å². The van der Waals surface area contributed by atoms with Crippen LogP contribution in [0.5, 0.6) is 0 Å². The van der Waals surface area contributed by atoms with Gasteiger partial charge in [-0.15, -0.1) is 0 Å². The van der Waals surface area contributed by atoms with Gasteiger partial charge in [0.2, 0.25) is 0 Å². The fourth-order valence-corrected chi connectivity index (χ4v) is 1.90. The Kier molecular flexibility index (Phi) is 3.50. The fourth-order valence-electron chi connectivity index (χ4n) is 1.90. The van der Waals surface area contributed by atoms with Crippen molar-refractivity contribution in [1.29, 1.82) is 0 Å². The van der Waals surface area contributed by atoms with E-state index in [1.807, 2.05) is 20.8 Å². The van der Waals surface area contributed by atoms with Gasteiger partial charge in [-0.25, -0.2) is 4.79 Å². The highest BCUT2D eigenvalue weighted by Crippen LogP contribution is 2.28. The molecule has 1 rings (SSSR count). The molecular formula is C13H26N2O2. The van der Waals surface area contributed by atoms with E-state index >= 15 is 0 Å². The first-order valence-corrected chi connectivity index (χ1v) is 6.18. The van der Waals surface area contributed by atoms with E-state index in [-0.39, 0.29) is 17.2 Å². The topological polar surface area (TPSA) is 41.6 Å². The maximum atomic E-state index is 11.7. The summed E-state index contributed by atoms with van der Waals surface area (Å²) < 4.78 is 5.26. The van der Waals surface area contributed by atoms with Crippen LogP contribution in [0.3, 0.4) is 0 Å². The molecule has 0 spiro atoms. The van der Waals surface area contributed by atoms with Crippen LogP contribution in [0, 0.1) is 0 Å². The summed E-state index contributed by atoms with van der Waals surface area (Å²) in [5, 5.41) is 2.95. The van der Waals surface area contributed by atoms with Crippen LogP contribution in [-0.2, 0) is 4.74 Å². The number of hydrogen-bond donors (Lipinski definition) is 1. The third-order valence-corrected chi connectivity index (χ3v) is 2.83. The van der Waals surface area contributed by atoms with Crippen LogP contribution in [0.1, 0.15) is 48.5 Å². The smallest absolute Gasteiger partial charge is 0.408 e. The third-order valence-electron chi connectivity index (χ3n) is 2.83. The van der Waals surface area contributed by atoms with E-state index in [1.165, 1.54) is 0 Å². The van der Waals surface area contributed by atoms with Gasteiger partial charge in [-0.2, -0.15) is 0 Å². The van der Waals surface area contributed by atoms with E-state index in [0.717, 1.165) is 13.1 Å². The second kappa shape index (κ2) is 4.16. The molecule has 1 aliphatic rings. The molecule has 0 atom stereocenters. The van der Waals surface area contributed by atoms with Crippen molar-refractivity contribution in [2.24, 2.45) is 0 Å². The van der Waals surface area contributed by atoms with E-state index in [0.29, 0.717) is 0 Å². The predicted molar refractivity (Wildman–Crippen MR) is 69.1 cm³/mol. The number of hydrogen-bond acceptors (Lipinski definition) is 3. The number of rotatable bonds is 1. The Bertz CT molecular complexity index is 294. The van der Waals surface area contributed by atoms with Crippen LogP contribution in [-0.4, -0.2) is 40.8 Å². The summed E-state index contributed by atoms with van der Waals surface area (Å²) >= 11 is 0. The Morgan fingerprint density at radius 2 is 1.65 bits per heavy atom. The summed E-state index contributed by atoms with van der Waals surface area (Å²) in [6.07, 6.45) is -0.325. The molecular weight excluding hydrogens is 216 g/mol. The van der Waals surface area contributed by atoms with E-state index in [1.54, 1.807) is 0 Å². The lowest BCUT2D eigenvalue weighted by molar-refractivity contribution is -0.0238. The molecule has 0 aromatic rings. The van der Waals surface area contributed by atoms with Crippen molar-refractivity contribution >= 4 is 6.09 Å². The Morgan fingerprint density at radius 3 is 2.00 bits per heavy atom. The highest BCUT2D eigenvalue weighted by atomic mass is 16.6. The maximum Gasteiger partial charge on any atom is 0.408 e. The van der Waals surface area contributed by atoms with Gasteiger partial charge >= 0.3 is 6.09 Å². The summed E-state index contributed by atoms with van der Waals surface area (Å²) in [6, 6.07) is 0. The molecule has 0 unspecified atom stereocenters. The van der Waals surface area contributed by atoms with Crippen LogP contribution in [0.2, 0.25) is 0 Å². The number of nitrogens with zero attached hydrogens (tertiary/aromatic N) is 1. The van der Waals surface area contributed by atoms with Crippen molar-refractivity contribution in [3.63, 3.8) is 0 Å². The zero-order valence-corrected chi connectivity index (χ0v) is 12.2. The molecule has 1 heterocycles.